The molecule has 0 aromatic heterocycles. The van der Waals surface area contributed by atoms with E-state index >= 15 is 0 Å². The number of benzene rings is 5. The summed E-state index contributed by atoms with van der Waals surface area (Å²) in [5.41, 5.74) is 2.13. The van der Waals surface area contributed by atoms with E-state index in [2.05, 4.69) is 41.7 Å². The third kappa shape index (κ3) is 8.89. The van der Waals surface area contributed by atoms with Gasteiger partial charge in [-0.25, -0.2) is 4.79 Å². The van der Waals surface area contributed by atoms with Crippen molar-refractivity contribution in [3.63, 3.8) is 0 Å². The van der Waals surface area contributed by atoms with Crippen molar-refractivity contribution in [2.24, 2.45) is 0 Å². The normalized spacial score (nSPS) is 11.6. The molecule has 0 aliphatic heterocycles. The fourth-order valence-electron chi connectivity index (χ4n) is 5.31. The predicted molar refractivity (Wildman–Crippen MR) is 178 cm³/mol. The van der Waals surface area contributed by atoms with Crippen LogP contribution < -0.4 is 5.32 Å². The van der Waals surface area contributed by atoms with Crippen LogP contribution in [0.15, 0.2) is 140 Å². The maximum absolute atomic E-state index is 13.1. The number of hydrogen-bond acceptors (Lipinski definition) is 6. The highest BCUT2D eigenvalue weighted by Crippen LogP contribution is 2.40. The van der Waals surface area contributed by atoms with Gasteiger partial charge in [-0.15, -0.1) is 0 Å². The highest BCUT2D eigenvalue weighted by Gasteiger charge is 2.37. The van der Waals surface area contributed by atoms with Crippen molar-refractivity contribution in [3.05, 3.63) is 167 Å². The molecule has 0 bridgehead atoms. The SMILES string of the molecule is O=C(OCCOCCOCCOC(c1ccccc1)(c1ccccc1)c1ccccc1)c1ccccc1Nc1cccc(C(F)(F)F)c1. The minimum Gasteiger partial charge on any atom is -0.460 e. The Morgan fingerprint density at radius 1 is 0.542 bits per heavy atom. The largest absolute Gasteiger partial charge is 0.460 e. The molecule has 0 radical (unpaired) electrons. The molecule has 9 heteroatoms. The molecule has 0 aliphatic rings. The average Bonchev–Trinajstić information content (AvgIpc) is 3.12. The Hall–Kier alpha value is -4.96. The minimum absolute atomic E-state index is 0.00636. The van der Waals surface area contributed by atoms with Crippen molar-refractivity contribution in [1.82, 2.24) is 0 Å². The molecular weight excluding hydrogens is 619 g/mol. The molecule has 0 spiro atoms. The maximum atomic E-state index is 13.1. The Balaban J connectivity index is 1.07. The summed E-state index contributed by atoms with van der Waals surface area (Å²) in [7, 11) is 0. The zero-order chi connectivity index (χ0) is 33.7. The van der Waals surface area contributed by atoms with Crippen LogP contribution >= 0.6 is 0 Å². The number of rotatable bonds is 16. The van der Waals surface area contributed by atoms with Gasteiger partial charge in [0.1, 0.15) is 12.2 Å². The van der Waals surface area contributed by atoms with Crippen molar-refractivity contribution < 1.29 is 36.9 Å². The maximum Gasteiger partial charge on any atom is 0.416 e. The Labute approximate surface area is 278 Å². The first-order valence-corrected chi connectivity index (χ1v) is 15.5. The number of ether oxygens (including phenoxy) is 4. The highest BCUT2D eigenvalue weighted by molar-refractivity contribution is 5.96. The Morgan fingerprint density at radius 2 is 1.02 bits per heavy atom. The fraction of sp³-hybridized carbons (Fsp3) is 0.205. The molecule has 0 heterocycles. The Morgan fingerprint density at radius 3 is 1.58 bits per heavy atom. The van der Waals surface area contributed by atoms with E-state index in [1.165, 1.54) is 18.2 Å². The number of carbonyl (C=O) groups is 1. The average molecular weight is 656 g/mol. The molecule has 5 aromatic rings. The van der Waals surface area contributed by atoms with Crippen LogP contribution in [-0.2, 0) is 30.7 Å². The van der Waals surface area contributed by atoms with E-state index in [9.17, 15) is 18.0 Å². The van der Waals surface area contributed by atoms with Crippen LogP contribution in [0.3, 0.4) is 0 Å². The molecule has 0 amide bonds. The molecule has 48 heavy (non-hydrogen) atoms. The zero-order valence-corrected chi connectivity index (χ0v) is 26.2. The summed E-state index contributed by atoms with van der Waals surface area (Å²) >= 11 is 0. The van der Waals surface area contributed by atoms with E-state index in [4.69, 9.17) is 18.9 Å². The Kier molecular flexibility index (Phi) is 12.0. The van der Waals surface area contributed by atoms with Gasteiger partial charge in [-0.3, -0.25) is 0 Å². The third-order valence-corrected chi connectivity index (χ3v) is 7.54. The lowest BCUT2D eigenvalue weighted by Crippen LogP contribution is -2.34. The molecule has 0 saturated heterocycles. The number of carbonyl (C=O) groups excluding carboxylic acids is 1. The van der Waals surface area contributed by atoms with Crippen molar-refractivity contribution >= 4 is 17.3 Å². The number of alkyl halides is 3. The summed E-state index contributed by atoms with van der Waals surface area (Å²) < 4.78 is 62.8. The van der Waals surface area contributed by atoms with Gasteiger partial charge in [-0.1, -0.05) is 109 Å². The van der Waals surface area contributed by atoms with E-state index in [0.29, 0.717) is 25.5 Å². The van der Waals surface area contributed by atoms with Gasteiger partial charge in [0.2, 0.25) is 0 Å². The molecule has 1 N–H and O–H groups in total. The summed E-state index contributed by atoms with van der Waals surface area (Å²) in [4.78, 5) is 12.7. The molecule has 5 rings (SSSR count). The molecule has 5 aromatic carbocycles. The van der Waals surface area contributed by atoms with Crippen molar-refractivity contribution in [3.8, 4) is 0 Å². The molecule has 0 atom stereocenters. The van der Waals surface area contributed by atoms with Gasteiger partial charge in [0, 0.05) is 5.69 Å². The lowest BCUT2D eigenvalue weighted by molar-refractivity contribution is -0.137. The predicted octanol–water partition coefficient (Wildman–Crippen LogP) is 8.65. The van der Waals surface area contributed by atoms with Crippen molar-refractivity contribution in [2.45, 2.75) is 11.8 Å². The highest BCUT2D eigenvalue weighted by atomic mass is 19.4. The van der Waals surface area contributed by atoms with Gasteiger partial charge >= 0.3 is 12.1 Å². The van der Waals surface area contributed by atoms with Crippen LogP contribution in [0.1, 0.15) is 32.6 Å². The lowest BCUT2D eigenvalue weighted by atomic mass is 9.80. The number of nitrogens with one attached hydrogen (secondary N) is 1. The number of esters is 1. The van der Waals surface area contributed by atoms with Crippen LogP contribution in [0.25, 0.3) is 0 Å². The number of hydrogen-bond donors (Lipinski definition) is 1. The van der Waals surface area contributed by atoms with Crippen LogP contribution in [0, 0.1) is 0 Å². The number of halogens is 3. The quantitative estimate of drug-likeness (QED) is 0.0652. The summed E-state index contributed by atoms with van der Waals surface area (Å²) in [6, 6.07) is 41.5. The zero-order valence-electron chi connectivity index (χ0n) is 26.2. The molecule has 0 saturated carbocycles. The van der Waals surface area contributed by atoms with Gasteiger partial charge in [0.15, 0.2) is 0 Å². The molecule has 248 valence electrons. The number of anilines is 2. The van der Waals surface area contributed by atoms with E-state index in [0.717, 1.165) is 28.8 Å². The van der Waals surface area contributed by atoms with Crippen LogP contribution in [0.4, 0.5) is 24.5 Å². The second-order valence-electron chi connectivity index (χ2n) is 10.7. The van der Waals surface area contributed by atoms with E-state index in [1.807, 2.05) is 54.6 Å². The summed E-state index contributed by atoms with van der Waals surface area (Å²) in [5.74, 6) is -0.624. The first-order chi connectivity index (χ1) is 23.4. The summed E-state index contributed by atoms with van der Waals surface area (Å²) in [5, 5.41) is 2.88. The molecule has 0 aliphatic carbocycles. The topological polar surface area (TPSA) is 66.0 Å². The molecular formula is C39H36F3NO5. The van der Waals surface area contributed by atoms with Crippen molar-refractivity contribution in [1.29, 1.82) is 0 Å². The van der Waals surface area contributed by atoms with Crippen LogP contribution in [0.5, 0.6) is 0 Å². The second kappa shape index (κ2) is 16.7. The summed E-state index contributed by atoms with van der Waals surface area (Å²) in [6.07, 6.45) is -4.48. The summed E-state index contributed by atoms with van der Waals surface area (Å²) in [6.45, 7) is 1.40. The van der Waals surface area contributed by atoms with Crippen LogP contribution in [-0.4, -0.2) is 45.6 Å². The van der Waals surface area contributed by atoms with E-state index in [-0.39, 0.29) is 31.1 Å². The van der Waals surface area contributed by atoms with Gasteiger partial charge in [-0.05, 0) is 47.0 Å². The van der Waals surface area contributed by atoms with E-state index < -0.39 is 23.3 Å². The van der Waals surface area contributed by atoms with Crippen LogP contribution in [0.2, 0.25) is 0 Å². The van der Waals surface area contributed by atoms with E-state index in [1.54, 1.807) is 18.2 Å². The monoisotopic (exact) mass is 655 g/mol. The molecule has 0 unspecified atom stereocenters. The Bertz CT molecular complexity index is 1620. The molecule has 0 fully saturated rings. The minimum atomic E-state index is -4.48. The second-order valence-corrected chi connectivity index (χ2v) is 10.7. The third-order valence-electron chi connectivity index (χ3n) is 7.54. The standard InChI is InChI=1S/C39H36F3NO5/c40-39(41,42)33-19-12-20-34(29-33)43-36-22-11-10-21-35(36)37(44)47-27-25-45-23-24-46-26-28-48-38(30-13-4-1-5-14-30,31-15-6-2-7-16-31)32-17-8-3-9-18-32/h1-22,29,43H,23-28H2. The molecule has 6 nitrogen and oxygen atoms in total. The van der Waals surface area contributed by atoms with Gasteiger partial charge in [0.05, 0.1) is 49.8 Å². The number of para-hydroxylation sites is 1. The van der Waals surface area contributed by atoms with Gasteiger partial charge in [-0.2, -0.15) is 13.2 Å². The van der Waals surface area contributed by atoms with Gasteiger partial charge < -0.3 is 24.3 Å². The lowest BCUT2D eigenvalue weighted by Gasteiger charge is -2.36. The first-order valence-electron chi connectivity index (χ1n) is 15.5. The first kappa shape index (κ1) is 34.4. The smallest absolute Gasteiger partial charge is 0.416 e. The van der Waals surface area contributed by atoms with Gasteiger partial charge in [0.25, 0.3) is 0 Å². The van der Waals surface area contributed by atoms with Crippen molar-refractivity contribution in [2.75, 3.05) is 45.0 Å². The fourth-order valence-corrected chi connectivity index (χ4v) is 5.31.